The van der Waals surface area contributed by atoms with Crippen LogP contribution in [0.25, 0.3) is 0 Å². The average molecular weight is 312 g/mol. The number of ether oxygens (including phenoxy) is 1. The van der Waals surface area contributed by atoms with E-state index in [1.807, 2.05) is 25.1 Å². The monoisotopic (exact) mass is 311 g/mol. The standard InChI is InChI=1S/C16H22ClNO3/c1-11(19)12-7-9-18(10-8-12)15(16(20)21-2)13-5-3-4-6-14(13)17/h3-6,11-12,15,19H,7-10H2,1-2H3. The number of rotatable bonds is 4. The molecule has 0 bridgehead atoms. The highest BCUT2D eigenvalue weighted by atomic mass is 35.5. The van der Waals surface area contributed by atoms with Gasteiger partial charge in [0.15, 0.2) is 0 Å². The molecule has 2 rings (SSSR count). The van der Waals surface area contributed by atoms with E-state index in [4.69, 9.17) is 16.3 Å². The first kappa shape index (κ1) is 16.3. The third-order valence-electron chi connectivity index (χ3n) is 4.25. The van der Waals surface area contributed by atoms with Crippen LogP contribution >= 0.6 is 11.6 Å². The first-order valence-electron chi connectivity index (χ1n) is 7.29. The predicted molar refractivity (Wildman–Crippen MR) is 82.2 cm³/mol. The summed E-state index contributed by atoms with van der Waals surface area (Å²) < 4.78 is 4.96. The number of benzene rings is 1. The molecule has 1 aliphatic rings. The van der Waals surface area contributed by atoms with E-state index in [0.29, 0.717) is 10.9 Å². The van der Waals surface area contributed by atoms with Crippen molar-refractivity contribution in [3.05, 3.63) is 34.9 Å². The van der Waals surface area contributed by atoms with Crippen molar-refractivity contribution in [3.63, 3.8) is 0 Å². The summed E-state index contributed by atoms with van der Waals surface area (Å²) in [5, 5.41) is 10.3. The zero-order chi connectivity index (χ0) is 15.4. The molecule has 4 nitrogen and oxygen atoms in total. The Kier molecular flexibility index (Phi) is 5.62. The molecule has 5 heteroatoms. The van der Waals surface area contributed by atoms with Gasteiger partial charge in [-0.05, 0) is 50.4 Å². The van der Waals surface area contributed by atoms with Gasteiger partial charge in [0.2, 0.25) is 0 Å². The number of esters is 1. The highest BCUT2D eigenvalue weighted by molar-refractivity contribution is 6.31. The van der Waals surface area contributed by atoms with Crippen molar-refractivity contribution < 1.29 is 14.6 Å². The lowest BCUT2D eigenvalue weighted by Gasteiger charge is -2.37. The average Bonchev–Trinajstić information content (AvgIpc) is 2.49. The minimum atomic E-state index is -0.473. The van der Waals surface area contributed by atoms with Crippen LogP contribution in [-0.4, -0.2) is 42.3 Å². The Morgan fingerprint density at radius 2 is 2.00 bits per heavy atom. The quantitative estimate of drug-likeness (QED) is 0.869. The molecule has 2 atom stereocenters. The largest absolute Gasteiger partial charge is 0.468 e. The van der Waals surface area contributed by atoms with Crippen LogP contribution in [0.15, 0.2) is 24.3 Å². The fraction of sp³-hybridized carbons (Fsp3) is 0.562. The van der Waals surface area contributed by atoms with Gasteiger partial charge in [-0.25, -0.2) is 4.79 Å². The van der Waals surface area contributed by atoms with Crippen molar-refractivity contribution in [1.82, 2.24) is 4.90 Å². The topological polar surface area (TPSA) is 49.8 Å². The van der Waals surface area contributed by atoms with E-state index >= 15 is 0 Å². The number of halogens is 1. The van der Waals surface area contributed by atoms with Gasteiger partial charge in [-0.2, -0.15) is 0 Å². The highest BCUT2D eigenvalue weighted by Gasteiger charge is 2.33. The summed E-state index contributed by atoms with van der Waals surface area (Å²) in [6, 6.07) is 6.90. The van der Waals surface area contributed by atoms with Gasteiger partial charge in [-0.1, -0.05) is 29.8 Å². The number of nitrogens with zero attached hydrogens (tertiary/aromatic N) is 1. The Morgan fingerprint density at radius 1 is 1.38 bits per heavy atom. The number of hydrogen-bond acceptors (Lipinski definition) is 4. The molecule has 1 fully saturated rings. The molecule has 1 aliphatic heterocycles. The zero-order valence-corrected chi connectivity index (χ0v) is 13.2. The SMILES string of the molecule is COC(=O)C(c1ccccc1Cl)N1CCC(C(C)O)CC1. The zero-order valence-electron chi connectivity index (χ0n) is 12.5. The lowest BCUT2D eigenvalue weighted by Crippen LogP contribution is -2.42. The number of methoxy groups -OCH3 is 1. The third-order valence-corrected chi connectivity index (χ3v) is 4.59. The molecule has 1 saturated heterocycles. The minimum absolute atomic E-state index is 0.293. The third kappa shape index (κ3) is 3.76. The van der Waals surface area contributed by atoms with E-state index < -0.39 is 6.04 Å². The molecule has 0 aliphatic carbocycles. The second-order valence-electron chi connectivity index (χ2n) is 5.56. The van der Waals surface area contributed by atoms with E-state index in [9.17, 15) is 9.90 Å². The van der Waals surface area contributed by atoms with Crippen LogP contribution in [0, 0.1) is 5.92 Å². The molecule has 0 saturated carbocycles. The van der Waals surface area contributed by atoms with Gasteiger partial charge in [0.1, 0.15) is 6.04 Å². The Balaban J connectivity index is 2.19. The second kappa shape index (κ2) is 7.25. The van der Waals surface area contributed by atoms with Gasteiger partial charge >= 0.3 is 5.97 Å². The number of aliphatic hydroxyl groups is 1. The number of aliphatic hydroxyl groups excluding tert-OH is 1. The van der Waals surface area contributed by atoms with E-state index in [2.05, 4.69) is 4.90 Å². The lowest BCUT2D eigenvalue weighted by molar-refractivity contribution is -0.148. The van der Waals surface area contributed by atoms with Gasteiger partial charge in [-0.15, -0.1) is 0 Å². The van der Waals surface area contributed by atoms with Crippen molar-refractivity contribution in [2.45, 2.75) is 31.9 Å². The number of hydrogen-bond donors (Lipinski definition) is 1. The van der Waals surface area contributed by atoms with Gasteiger partial charge in [0.25, 0.3) is 0 Å². The number of carbonyl (C=O) groups is 1. The molecule has 0 aromatic heterocycles. The molecule has 0 spiro atoms. The summed E-state index contributed by atoms with van der Waals surface area (Å²) in [6.45, 7) is 3.33. The van der Waals surface area contributed by atoms with Crippen molar-refractivity contribution >= 4 is 17.6 Å². The summed E-state index contributed by atoms with van der Waals surface area (Å²) in [5.41, 5.74) is 0.779. The Hall–Kier alpha value is -1.10. The summed E-state index contributed by atoms with van der Waals surface area (Å²) in [7, 11) is 1.40. The van der Waals surface area contributed by atoms with Crippen LogP contribution in [0.4, 0.5) is 0 Å². The number of likely N-dealkylation sites (tertiary alicyclic amines) is 1. The second-order valence-corrected chi connectivity index (χ2v) is 5.97. The van der Waals surface area contributed by atoms with Crippen LogP contribution in [0.2, 0.25) is 5.02 Å². The van der Waals surface area contributed by atoms with Gasteiger partial charge in [0.05, 0.1) is 13.2 Å². The maximum atomic E-state index is 12.2. The highest BCUT2D eigenvalue weighted by Crippen LogP contribution is 2.32. The molecule has 1 aromatic carbocycles. The van der Waals surface area contributed by atoms with E-state index in [1.165, 1.54) is 7.11 Å². The molecule has 0 amide bonds. The summed E-state index contributed by atoms with van der Waals surface area (Å²) in [5.74, 6) is 0.00406. The first-order valence-corrected chi connectivity index (χ1v) is 7.66. The van der Waals surface area contributed by atoms with Crippen LogP contribution in [0.5, 0.6) is 0 Å². The van der Waals surface area contributed by atoms with E-state index in [1.54, 1.807) is 6.07 Å². The van der Waals surface area contributed by atoms with Gasteiger partial charge < -0.3 is 9.84 Å². The molecule has 0 radical (unpaired) electrons. The van der Waals surface area contributed by atoms with E-state index in [-0.39, 0.29) is 12.1 Å². The van der Waals surface area contributed by atoms with Crippen LogP contribution in [0.1, 0.15) is 31.4 Å². The molecule has 1 heterocycles. The summed E-state index contributed by atoms with van der Waals surface area (Å²) in [6.07, 6.45) is 1.44. The number of piperidine rings is 1. The fourth-order valence-electron chi connectivity index (χ4n) is 2.94. The first-order chi connectivity index (χ1) is 10.0. The fourth-order valence-corrected chi connectivity index (χ4v) is 3.18. The molecule has 2 unspecified atom stereocenters. The van der Waals surface area contributed by atoms with Crippen molar-refractivity contribution in [2.24, 2.45) is 5.92 Å². The Morgan fingerprint density at radius 3 is 2.52 bits per heavy atom. The van der Waals surface area contributed by atoms with Crippen LogP contribution in [0.3, 0.4) is 0 Å². The maximum absolute atomic E-state index is 12.2. The molecule has 1 N–H and O–H groups in total. The minimum Gasteiger partial charge on any atom is -0.468 e. The lowest BCUT2D eigenvalue weighted by atomic mass is 9.90. The molecular weight excluding hydrogens is 290 g/mol. The van der Waals surface area contributed by atoms with Crippen LogP contribution in [-0.2, 0) is 9.53 Å². The molecule has 21 heavy (non-hydrogen) atoms. The predicted octanol–water partition coefficient (Wildman–Crippen LogP) is 2.65. The summed E-state index contributed by atoms with van der Waals surface area (Å²) >= 11 is 6.24. The summed E-state index contributed by atoms with van der Waals surface area (Å²) in [4.78, 5) is 14.3. The van der Waals surface area contributed by atoms with Crippen LogP contribution < -0.4 is 0 Å². The smallest absolute Gasteiger partial charge is 0.327 e. The molecule has 1 aromatic rings. The van der Waals surface area contributed by atoms with Gasteiger partial charge in [-0.3, -0.25) is 4.90 Å². The van der Waals surface area contributed by atoms with Crippen molar-refractivity contribution in [1.29, 1.82) is 0 Å². The normalized spacial score (nSPS) is 20.0. The van der Waals surface area contributed by atoms with Crippen molar-refractivity contribution in [3.8, 4) is 0 Å². The molecular formula is C16H22ClNO3. The Bertz CT molecular complexity index is 484. The van der Waals surface area contributed by atoms with Crippen molar-refractivity contribution in [2.75, 3.05) is 20.2 Å². The molecule has 116 valence electrons. The number of carbonyl (C=O) groups excluding carboxylic acids is 1. The van der Waals surface area contributed by atoms with Gasteiger partial charge in [0, 0.05) is 5.02 Å². The van der Waals surface area contributed by atoms with E-state index in [0.717, 1.165) is 31.5 Å². The Labute approximate surface area is 130 Å². The maximum Gasteiger partial charge on any atom is 0.327 e.